The largest absolute Gasteiger partial charge is 0.389 e. The molecule has 0 bridgehead atoms. The van der Waals surface area contributed by atoms with E-state index in [0.29, 0.717) is 0 Å². The predicted octanol–water partition coefficient (Wildman–Crippen LogP) is 1.95. The van der Waals surface area contributed by atoms with Crippen molar-refractivity contribution in [3.05, 3.63) is 29.3 Å². The van der Waals surface area contributed by atoms with Crippen molar-refractivity contribution >= 4 is 17.7 Å². The number of nitrogens with zero attached hydrogens (tertiary/aromatic N) is 2. The highest BCUT2D eigenvalue weighted by molar-refractivity contribution is 5.54. The summed E-state index contributed by atoms with van der Waals surface area (Å²) in [5.74, 6) is -6.33. The number of nitrogens with two attached hydrogens (primary N) is 1. The van der Waals surface area contributed by atoms with E-state index in [2.05, 4.69) is 14.6 Å². The highest BCUT2D eigenvalue weighted by Gasteiger charge is 2.20. The molecular weight excluding hydrogens is 244 g/mol. The molecule has 0 unspecified atom stereocenters. The number of rotatable bonds is 2. The summed E-state index contributed by atoms with van der Waals surface area (Å²) in [6.07, 6.45) is 0. The highest BCUT2D eigenvalue weighted by atomic mass is 19.2. The lowest BCUT2D eigenvalue weighted by Crippen LogP contribution is -2.03. The summed E-state index contributed by atoms with van der Waals surface area (Å²) >= 11 is 0. The van der Waals surface area contributed by atoms with Crippen LogP contribution in [0.1, 0.15) is 0 Å². The Hall–Kier alpha value is -2.32. The molecule has 0 aliphatic heterocycles. The Morgan fingerprint density at radius 2 is 1.65 bits per heavy atom. The number of nitrogens with one attached hydrogen (secondary N) is 1. The number of benzene rings is 1. The SMILES string of the molecule is Nc1nnc(Nc2c(F)c(F)cc(F)c2F)o1. The monoisotopic (exact) mass is 248 g/mol. The van der Waals surface area contributed by atoms with Crippen LogP contribution in [-0.2, 0) is 0 Å². The van der Waals surface area contributed by atoms with Crippen LogP contribution >= 0.6 is 0 Å². The lowest BCUT2D eigenvalue weighted by Gasteiger charge is -2.05. The lowest BCUT2D eigenvalue weighted by molar-refractivity contribution is 0.458. The van der Waals surface area contributed by atoms with E-state index in [9.17, 15) is 17.6 Å². The zero-order valence-electron chi connectivity index (χ0n) is 7.97. The van der Waals surface area contributed by atoms with Crippen molar-refractivity contribution in [2.24, 2.45) is 0 Å². The topological polar surface area (TPSA) is 77.0 Å². The Kier molecular flexibility index (Phi) is 2.58. The van der Waals surface area contributed by atoms with Crippen molar-refractivity contribution in [1.82, 2.24) is 10.2 Å². The molecule has 0 fully saturated rings. The van der Waals surface area contributed by atoms with Gasteiger partial charge in [0, 0.05) is 6.07 Å². The van der Waals surface area contributed by atoms with E-state index in [1.54, 1.807) is 0 Å². The smallest absolute Gasteiger partial charge is 0.321 e. The minimum absolute atomic E-state index is 0.0814. The Morgan fingerprint density at radius 3 is 2.12 bits per heavy atom. The first-order chi connectivity index (χ1) is 7.99. The summed E-state index contributed by atoms with van der Waals surface area (Å²) < 4.78 is 56.5. The molecule has 2 rings (SSSR count). The van der Waals surface area contributed by atoms with Crippen molar-refractivity contribution in [2.45, 2.75) is 0 Å². The van der Waals surface area contributed by atoms with Crippen molar-refractivity contribution in [3.8, 4) is 0 Å². The molecule has 0 saturated heterocycles. The highest BCUT2D eigenvalue weighted by Crippen LogP contribution is 2.26. The van der Waals surface area contributed by atoms with Gasteiger partial charge in [0.25, 0.3) is 0 Å². The van der Waals surface area contributed by atoms with Crippen LogP contribution in [0, 0.1) is 23.3 Å². The molecule has 0 spiro atoms. The number of anilines is 3. The summed E-state index contributed by atoms with van der Waals surface area (Å²) in [4.78, 5) is 0. The Balaban J connectivity index is 2.45. The first-order valence-electron chi connectivity index (χ1n) is 4.18. The van der Waals surface area contributed by atoms with Crippen LogP contribution in [0.3, 0.4) is 0 Å². The molecule has 9 heteroatoms. The van der Waals surface area contributed by atoms with Gasteiger partial charge in [-0.15, -0.1) is 0 Å². The predicted molar refractivity (Wildman–Crippen MR) is 48.3 cm³/mol. The second-order valence-electron chi connectivity index (χ2n) is 2.91. The third kappa shape index (κ3) is 1.98. The summed E-state index contributed by atoms with van der Waals surface area (Å²) in [7, 11) is 0. The molecule has 0 aliphatic carbocycles. The van der Waals surface area contributed by atoms with Crippen molar-refractivity contribution in [1.29, 1.82) is 0 Å². The normalized spacial score (nSPS) is 10.6. The number of nitrogen functional groups attached to an aromatic ring is 1. The van der Waals surface area contributed by atoms with Crippen LogP contribution in [0.5, 0.6) is 0 Å². The van der Waals surface area contributed by atoms with Gasteiger partial charge in [-0.25, -0.2) is 17.6 Å². The molecule has 0 aliphatic rings. The van der Waals surface area contributed by atoms with Crippen molar-refractivity contribution in [2.75, 3.05) is 11.1 Å². The van der Waals surface area contributed by atoms with E-state index >= 15 is 0 Å². The molecule has 0 saturated carbocycles. The van der Waals surface area contributed by atoms with Crippen molar-refractivity contribution in [3.63, 3.8) is 0 Å². The van der Waals surface area contributed by atoms with Gasteiger partial charge < -0.3 is 15.5 Å². The Labute approximate surface area is 91.2 Å². The van der Waals surface area contributed by atoms with Crippen LogP contribution in [0.2, 0.25) is 0 Å². The molecule has 0 radical (unpaired) electrons. The van der Waals surface area contributed by atoms with Gasteiger partial charge in [-0.05, 0) is 0 Å². The Bertz CT molecular complexity index is 545. The fourth-order valence-electron chi connectivity index (χ4n) is 1.07. The summed E-state index contributed by atoms with van der Waals surface area (Å²) in [5, 5.41) is 8.30. The van der Waals surface area contributed by atoms with E-state index < -0.39 is 35.0 Å². The first kappa shape index (κ1) is 11.2. The summed E-state index contributed by atoms with van der Waals surface area (Å²) in [6.45, 7) is 0. The van der Waals surface area contributed by atoms with E-state index in [4.69, 9.17) is 5.73 Å². The molecule has 1 heterocycles. The van der Waals surface area contributed by atoms with Crippen LogP contribution in [0.25, 0.3) is 0 Å². The van der Waals surface area contributed by atoms with Gasteiger partial charge in [-0.3, -0.25) is 0 Å². The molecule has 17 heavy (non-hydrogen) atoms. The standard InChI is InChI=1S/C8H4F4N4O/c9-2-1-3(10)5(12)6(4(2)11)14-8-16-15-7(13)17-8/h1H,(H2,13,15)(H,14,16). The van der Waals surface area contributed by atoms with Crippen LogP contribution in [0.15, 0.2) is 10.5 Å². The average Bonchev–Trinajstić information content (AvgIpc) is 2.68. The zero-order chi connectivity index (χ0) is 12.6. The molecule has 0 amide bonds. The fourth-order valence-corrected chi connectivity index (χ4v) is 1.07. The second-order valence-corrected chi connectivity index (χ2v) is 2.91. The van der Waals surface area contributed by atoms with Crippen molar-refractivity contribution < 1.29 is 22.0 Å². The Morgan fingerprint density at radius 1 is 1.06 bits per heavy atom. The second kappa shape index (κ2) is 3.92. The number of halogens is 4. The maximum absolute atomic E-state index is 13.2. The maximum atomic E-state index is 13.2. The quantitative estimate of drug-likeness (QED) is 0.627. The van der Waals surface area contributed by atoms with E-state index in [1.807, 2.05) is 5.32 Å². The number of aromatic nitrogens is 2. The third-order valence-corrected chi connectivity index (χ3v) is 1.78. The van der Waals surface area contributed by atoms with Crippen LogP contribution in [-0.4, -0.2) is 10.2 Å². The molecular formula is C8H4F4N4O. The molecule has 0 atom stereocenters. The van der Waals surface area contributed by atoms with Gasteiger partial charge in [0.15, 0.2) is 23.3 Å². The van der Waals surface area contributed by atoms with Gasteiger partial charge in [0.2, 0.25) is 0 Å². The molecule has 2 aromatic rings. The fraction of sp³-hybridized carbons (Fsp3) is 0. The first-order valence-corrected chi connectivity index (χ1v) is 4.18. The van der Waals surface area contributed by atoms with Gasteiger partial charge >= 0.3 is 12.0 Å². The van der Waals surface area contributed by atoms with Gasteiger partial charge in [-0.1, -0.05) is 10.2 Å². The minimum Gasteiger partial charge on any atom is -0.389 e. The molecule has 1 aromatic heterocycles. The van der Waals surface area contributed by atoms with E-state index in [1.165, 1.54) is 0 Å². The number of hydrogen-bond donors (Lipinski definition) is 2. The summed E-state index contributed by atoms with van der Waals surface area (Å²) in [5.41, 5.74) is 3.97. The maximum Gasteiger partial charge on any atom is 0.321 e. The third-order valence-electron chi connectivity index (χ3n) is 1.78. The molecule has 90 valence electrons. The van der Waals surface area contributed by atoms with Gasteiger partial charge in [0.05, 0.1) is 0 Å². The minimum atomic E-state index is -1.61. The molecule has 5 nitrogen and oxygen atoms in total. The lowest BCUT2D eigenvalue weighted by atomic mass is 10.2. The average molecular weight is 248 g/mol. The van der Waals surface area contributed by atoms with E-state index in [-0.39, 0.29) is 12.1 Å². The molecule has 1 aromatic carbocycles. The number of hydrogen-bond acceptors (Lipinski definition) is 5. The zero-order valence-corrected chi connectivity index (χ0v) is 7.97. The van der Waals surface area contributed by atoms with Gasteiger partial charge in [0.1, 0.15) is 5.69 Å². The van der Waals surface area contributed by atoms with Crippen LogP contribution in [0.4, 0.5) is 35.3 Å². The van der Waals surface area contributed by atoms with Gasteiger partial charge in [-0.2, -0.15) is 0 Å². The van der Waals surface area contributed by atoms with E-state index in [0.717, 1.165) is 0 Å². The van der Waals surface area contributed by atoms with Crippen LogP contribution < -0.4 is 11.1 Å². The molecule has 3 N–H and O–H groups in total. The summed E-state index contributed by atoms with van der Waals surface area (Å²) in [6, 6.07) is -0.784.